The SMILES string of the molecule is CC1(C(=O)N2C[C@H](O)C[C@H]2C(=O)O)CCCS1. The Kier molecular flexibility index (Phi) is 3.36. The van der Waals surface area contributed by atoms with E-state index in [-0.39, 0.29) is 18.9 Å². The summed E-state index contributed by atoms with van der Waals surface area (Å²) >= 11 is 1.59. The molecule has 96 valence electrons. The Balaban J connectivity index is 2.15. The fraction of sp³-hybridized carbons (Fsp3) is 0.818. The van der Waals surface area contributed by atoms with Crippen molar-refractivity contribution in [1.29, 1.82) is 0 Å². The second-order valence-corrected chi connectivity index (χ2v) is 6.48. The van der Waals surface area contributed by atoms with Crippen molar-refractivity contribution < 1.29 is 19.8 Å². The number of carbonyl (C=O) groups is 2. The topological polar surface area (TPSA) is 77.8 Å². The zero-order valence-electron chi connectivity index (χ0n) is 9.76. The Hall–Kier alpha value is -0.750. The van der Waals surface area contributed by atoms with Crippen LogP contribution in [-0.4, -0.2) is 56.2 Å². The molecular weight excluding hydrogens is 242 g/mol. The van der Waals surface area contributed by atoms with Gasteiger partial charge in [-0.05, 0) is 25.5 Å². The quantitative estimate of drug-likeness (QED) is 0.746. The molecule has 6 heteroatoms. The van der Waals surface area contributed by atoms with E-state index in [1.165, 1.54) is 4.90 Å². The fourth-order valence-electron chi connectivity index (χ4n) is 2.52. The molecular formula is C11H17NO4S. The third-order valence-corrected chi connectivity index (χ3v) is 5.00. The Labute approximate surface area is 104 Å². The number of hydrogen-bond acceptors (Lipinski definition) is 4. The Morgan fingerprint density at radius 2 is 2.18 bits per heavy atom. The van der Waals surface area contributed by atoms with Crippen molar-refractivity contribution >= 4 is 23.6 Å². The van der Waals surface area contributed by atoms with E-state index in [0.717, 1.165) is 18.6 Å². The van der Waals surface area contributed by atoms with Gasteiger partial charge in [-0.1, -0.05) is 0 Å². The molecule has 3 atom stereocenters. The summed E-state index contributed by atoms with van der Waals surface area (Å²) in [6.45, 7) is 2.02. The molecule has 0 bridgehead atoms. The van der Waals surface area contributed by atoms with Crippen molar-refractivity contribution in [1.82, 2.24) is 4.90 Å². The van der Waals surface area contributed by atoms with Gasteiger partial charge in [0.05, 0.1) is 10.9 Å². The van der Waals surface area contributed by atoms with Gasteiger partial charge in [-0.2, -0.15) is 0 Å². The van der Waals surface area contributed by atoms with E-state index in [4.69, 9.17) is 5.11 Å². The van der Waals surface area contributed by atoms with Gasteiger partial charge in [0, 0.05) is 13.0 Å². The fourth-order valence-corrected chi connectivity index (χ4v) is 3.79. The van der Waals surface area contributed by atoms with E-state index < -0.39 is 22.9 Å². The Bertz CT molecular complexity index is 340. The molecule has 0 aromatic carbocycles. The van der Waals surface area contributed by atoms with Crippen molar-refractivity contribution in [3.8, 4) is 0 Å². The van der Waals surface area contributed by atoms with Crippen LogP contribution in [0.25, 0.3) is 0 Å². The van der Waals surface area contributed by atoms with Gasteiger partial charge in [0.2, 0.25) is 5.91 Å². The molecule has 2 aliphatic rings. The molecule has 2 N–H and O–H groups in total. The monoisotopic (exact) mass is 259 g/mol. The zero-order chi connectivity index (χ0) is 12.6. The average molecular weight is 259 g/mol. The third kappa shape index (κ3) is 2.28. The number of amides is 1. The first-order valence-electron chi connectivity index (χ1n) is 5.80. The minimum Gasteiger partial charge on any atom is -0.480 e. The molecule has 2 rings (SSSR count). The van der Waals surface area contributed by atoms with Crippen LogP contribution >= 0.6 is 11.8 Å². The highest BCUT2D eigenvalue weighted by Crippen LogP contribution is 2.40. The smallest absolute Gasteiger partial charge is 0.326 e. The summed E-state index contributed by atoms with van der Waals surface area (Å²) in [5.41, 5.74) is 0. The van der Waals surface area contributed by atoms with Gasteiger partial charge in [0.1, 0.15) is 6.04 Å². The first kappa shape index (κ1) is 12.7. The van der Waals surface area contributed by atoms with Crippen LogP contribution in [0.2, 0.25) is 0 Å². The van der Waals surface area contributed by atoms with Crippen LogP contribution in [0.15, 0.2) is 0 Å². The molecule has 1 amide bonds. The maximum absolute atomic E-state index is 12.4. The number of nitrogens with zero attached hydrogens (tertiary/aromatic N) is 1. The minimum atomic E-state index is -1.03. The first-order chi connectivity index (χ1) is 7.94. The molecule has 2 saturated heterocycles. The number of β-amino-alcohol motifs (C(OH)–C–C–N with tert-alkyl or cyclic N) is 1. The predicted octanol–water partition coefficient (Wildman–Crippen LogP) is 0.318. The second kappa shape index (κ2) is 4.49. The lowest BCUT2D eigenvalue weighted by molar-refractivity contribution is -0.149. The van der Waals surface area contributed by atoms with Gasteiger partial charge in [-0.15, -0.1) is 11.8 Å². The molecule has 0 saturated carbocycles. The maximum Gasteiger partial charge on any atom is 0.326 e. The van der Waals surface area contributed by atoms with E-state index in [0.29, 0.717) is 0 Å². The van der Waals surface area contributed by atoms with Gasteiger partial charge in [0.15, 0.2) is 0 Å². The molecule has 2 aliphatic heterocycles. The summed E-state index contributed by atoms with van der Waals surface area (Å²) in [6, 6.07) is -0.865. The molecule has 0 spiro atoms. The van der Waals surface area contributed by atoms with Gasteiger partial charge >= 0.3 is 5.97 Å². The number of hydrogen-bond donors (Lipinski definition) is 2. The summed E-state index contributed by atoms with van der Waals surface area (Å²) in [5.74, 6) is -0.221. The molecule has 17 heavy (non-hydrogen) atoms. The largest absolute Gasteiger partial charge is 0.480 e. The highest BCUT2D eigenvalue weighted by atomic mass is 32.2. The van der Waals surface area contributed by atoms with Gasteiger partial charge in [0.25, 0.3) is 0 Å². The summed E-state index contributed by atoms with van der Waals surface area (Å²) in [4.78, 5) is 24.8. The predicted molar refractivity (Wildman–Crippen MR) is 63.9 cm³/mol. The van der Waals surface area contributed by atoms with Gasteiger partial charge in [-0.3, -0.25) is 4.79 Å². The number of carboxylic acid groups (broad SMARTS) is 1. The van der Waals surface area contributed by atoms with Crippen molar-refractivity contribution in [2.24, 2.45) is 0 Å². The van der Waals surface area contributed by atoms with Crippen LogP contribution in [0.5, 0.6) is 0 Å². The van der Waals surface area contributed by atoms with Crippen LogP contribution in [0.3, 0.4) is 0 Å². The van der Waals surface area contributed by atoms with E-state index in [1.54, 1.807) is 11.8 Å². The standard InChI is InChI=1S/C11H17NO4S/c1-11(3-2-4-17-11)10(16)12-6-7(13)5-8(12)9(14)15/h7-8,13H,2-6H2,1H3,(H,14,15)/t7-,8+,11?/m1/s1. The van der Waals surface area contributed by atoms with Crippen molar-refractivity contribution in [3.63, 3.8) is 0 Å². The number of carbonyl (C=O) groups excluding carboxylic acids is 1. The molecule has 5 nitrogen and oxygen atoms in total. The third-order valence-electron chi connectivity index (χ3n) is 3.50. The Morgan fingerprint density at radius 3 is 2.71 bits per heavy atom. The number of likely N-dealkylation sites (tertiary alicyclic amines) is 1. The van der Waals surface area contributed by atoms with E-state index in [9.17, 15) is 14.7 Å². The highest BCUT2D eigenvalue weighted by molar-refractivity contribution is 8.01. The summed E-state index contributed by atoms with van der Waals surface area (Å²) in [7, 11) is 0. The number of rotatable bonds is 2. The van der Waals surface area contributed by atoms with Crippen LogP contribution in [-0.2, 0) is 9.59 Å². The van der Waals surface area contributed by atoms with Gasteiger partial charge < -0.3 is 15.1 Å². The van der Waals surface area contributed by atoms with Crippen LogP contribution in [0, 0.1) is 0 Å². The lowest BCUT2D eigenvalue weighted by Gasteiger charge is -2.30. The summed E-state index contributed by atoms with van der Waals surface area (Å²) < 4.78 is -0.502. The summed E-state index contributed by atoms with van der Waals surface area (Å²) in [5, 5.41) is 18.6. The zero-order valence-corrected chi connectivity index (χ0v) is 10.6. The number of aliphatic hydroxyl groups excluding tert-OH is 1. The van der Waals surface area contributed by atoms with Gasteiger partial charge in [-0.25, -0.2) is 4.79 Å². The molecule has 0 aliphatic carbocycles. The first-order valence-corrected chi connectivity index (χ1v) is 6.78. The number of aliphatic carboxylic acids is 1. The maximum atomic E-state index is 12.4. The van der Waals surface area contributed by atoms with Crippen molar-refractivity contribution in [2.45, 2.75) is 43.1 Å². The molecule has 2 fully saturated rings. The number of aliphatic hydroxyl groups is 1. The minimum absolute atomic E-state index is 0.135. The van der Waals surface area contributed by atoms with E-state index in [1.807, 2.05) is 6.92 Å². The van der Waals surface area contributed by atoms with E-state index in [2.05, 4.69) is 0 Å². The molecule has 0 aromatic heterocycles. The number of thioether (sulfide) groups is 1. The van der Waals surface area contributed by atoms with Crippen LogP contribution in [0.1, 0.15) is 26.2 Å². The van der Waals surface area contributed by atoms with Crippen molar-refractivity contribution in [3.05, 3.63) is 0 Å². The number of carboxylic acids is 1. The normalized spacial score (nSPS) is 37.4. The van der Waals surface area contributed by atoms with Crippen LogP contribution in [0.4, 0.5) is 0 Å². The lowest BCUT2D eigenvalue weighted by atomic mass is 10.0. The second-order valence-electron chi connectivity index (χ2n) is 4.88. The van der Waals surface area contributed by atoms with Crippen molar-refractivity contribution in [2.75, 3.05) is 12.3 Å². The molecule has 1 unspecified atom stereocenters. The average Bonchev–Trinajstić information content (AvgIpc) is 2.84. The van der Waals surface area contributed by atoms with E-state index >= 15 is 0 Å². The highest BCUT2D eigenvalue weighted by Gasteiger charge is 2.47. The Morgan fingerprint density at radius 1 is 1.47 bits per heavy atom. The molecule has 0 aromatic rings. The summed E-state index contributed by atoms with van der Waals surface area (Å²) in [6.07, 6.45) is 1.20. The molecule has 0 radical (unpaired) electrons. The molecule has 2 heterocycles. The van der Waals surface area contributed by atoms with Crippen LogP contribution < -0.4 is 0 Å². The lowest BCUT2D eigenvalue weighted by Crippen LogP contribution is -2.48.